The summed E-state index contributed by atoms with van der Waals surface area (Å²) in [7, 11) is 1.35. The highest BCUT2D eigenvalue weighted by atomic mass is 16.5. The summed E-state index contributed by atoms with van der Waals surface area (Å²) in [6, 6.07) is 9.55. The number of benzene rings is 1. The normalized spacial score (nSPS) is 10.8. The fraction of sp³-hybridized carbons (Fsp3) is 0.0833. The summed E-state index contributed by atoms with van der Waals surface area (Å²) < 4.78 is 4.60. The first-order valence-corrected chi connectivity index (χ1v) is 4.25. The molecule has 0 heterocycles. The number of rotatable bonds is 3. The van der Waals surface area contributed by atoms with Gasteiger partial charge in [-0.15, -0.1) is 0 Å². The Morgan fingerprint density at radius 1 is 1.36 bits per heavy atom. The van der Waals surface area contributed by atoms with E-state index in [1.165, 1.54) is 13.2 Å². The van der Waals surface area contributed by atoms with Gasteiger partial charge in [0.25, 0.3) is 0 Å². The van der Waals surface area contributed by atoms with Crippen molar-refractivity contribution < 1.29 is 9.53 Å². The summed E-state index contributed by atoms with van der Waals surface area (Å²) >= 11 is 0. The van der Waals surface area contributed by atoms with Crippen molar-refractivity contribution in [3.8, 4) is 0 Å². The van der Waals surface area contributed by atoms with Crippen molar-refractivity contribution in [1.29, 1.82) is 0 Å². The summed E-state index contributed by atoms with van der Waals surface area (Å²) in [6.07, 6.45) is 3.22. The van der Waals surface area contributed by atoms with E-state index in [4.69, 9.17) is 0 Å². The zero-order chi connectivity index (χ0) is 10.4. The van der Waals surface area contributed by atoms with E-state index in [-0.39, 0.29) is 5.97 Å². The second-order valence-corrected chi connectivity index (χ2v) is 2.71. The van der Waals surface area contributed by atoms with Crippen LogP contribution in [-0.2, 0) is 9.53 Å². The number of methoxy groups -OCH3 is 1. The van der Waals surface area contributed by atoms with E-state index < -0.39 is 0 Å². The average molecular weight is 188 g/mol. The van der Waals surface area contributed by atoms with Crippen molar-refractivity contribution in [3.63, 3.8) is 0 Å². The first-order valence-electron chi connectivity index (χ1n) is 4.25. The Morgan fingerprint density at radius 3 is 2.50 bits per heavy atom. The summed E-state index contributed by atoms with van der Waals surface area (Å²) in [5.41, 5.74) is 1.41. The van der Waals surface area contributed by atoms with Crippen LogP contribution in [0.3, 0.4) is 0 Å². The molecule has 0 aliphatic heterocycles. The lowest BCUT2D eigenvalue weighted by atomic mass is 10.1. The minimum atomic E-state index is -0.371. The van der Waals surface area contributed by atoms with Crippen LogP contribution in [0.2, 0.25) is 0 Å². The Kier molecular flexibility index (Phi) is 3.68. The van der Waals surface area contributed by atoms with Gasteiger partial charge in [-0.1, -0.05) is 43.0 Å². The van der Waals surface area contributed by atoms with Gasteiger partial charge in [0, 0.05) is 0 Å². The standard InChI is InChI=1S/C12H12O2/c1-3-11(12(13)14-2)9-10-7-5-4-6-8-10/h3-9H,1H2,2H3/b11-9+. The van der Waals surface area contributed by atoms with E-state index in [1.807, 2.05) is 30.3 Å². The van der Waals surface area contributed by atoms with E-state index in [0.717, 1.165) is 5.56 Å². The monoisotopic (exact) mass is 188 g/mol. The smallest absolute Gasteiger partial charge is 0.337 e. The molecule has 0 saturated heterocycles. The maximum absolute atomic E-state index is 11.2. The summed E-state index contributed by atoms with van der Waals surface area (Å²) in [4.78, 5) is 11.2. The van der Waals surface area contributed by atoms with Crippen LogP contribution in [0, 0.1) is 0 Å². The van der Waals surface area contributed by atoms with E-state index in [0.29, 0.717) is 5.57 Å². The van der Waals surface area contributed by atoms with Crippen molar-refractivity contribution in [2.75, 3.05) is 7.11 Å². The number of hydrogen-bond acceptors (Lipinski definition) is 2. The predicted octanol–water partition coefficient (Wildman–Crippen LogP) is 2.43. The van der Waals surface area contributed by atoms with Gasteiger partial charge in [-0.05, 0) is 11.6 Å². The van der Waals surface area contributed by atoms with E-state index >= 15 is 0 Å². The Bertz CT molecular complexity index is 350. The van der Waals surface area contributed by atoms with Gasteiger partial charge in [0.1, 0.15) is 0 Å². The average Bonchev–Trinajstić information content (AvgIpc) is 2.26. The lowest BCUT2D eigenvalue weighted by Gasteiger charge is -1.99. The van der Waals surface area contributed by atoms with Crippen molar-refractivity contribution in [2.24, 2.45) is 0 Å². The zero-order valence-corrected chi connectivity index (χ0v) is 8.07. The molecule has 0 unspecified atom stereocenters. The van der Waals surface area contributed by atoms with E-state index in [2.05, 4.69) is 11.3 Å². The van der Waals surface area contributed by atoms with Crippen LogP contribution < -0.4 is 0 Å². The Morgan fingerprint density at radius 2 is 2.00 bits per heavy atom. The molecule has 2 heteroatoms. The highest BCUT2D eigenvalue weighted by molar-refractivity contribution is 5.96. The Hall–Kier alpha value is -1.83. The fourth-order valence-corrected chi connectivity index (χ4v) is 1.05. The maximum Gasteiger partial charge on any atom is 0.337 e. The molecule has 0 aromatic heterocycles. The second-order valence-electron chi connectivity index (χ2n) is 2.71. The van der Waals surface area contributed by atoms with Crippen molar-refractivity contribution in [2.45, 2.75) is 0 Å². The molecule has 0 aliphatic carbocycles. The van der Waals surface area contributed by atoms with E-state index in [9.17, 15) is 4.79 Å². The van der Waals surface area contributed by atoms with E-state index in [1.54, 1.807) is 6.08 Å². The first-order chi connectivity index (χ1) is 6.77. The third kappa shape index (κ3) is 2.59. The molecule has 0 fully saturated rings. The lowest BCUT2D eigenvalue weighted by molar-refractivity contribution is -0.135. The number of ether oxygens (including phenoxy) is 1. The molecule has 0 saturated carbocycles. The number of carbonyl (C=O) groups is 1. The van der Waals surface area contributed by atoms with Crippen LogP contribution in [0.5, 0.6) is 0 Å². The quantitative estimate of drug-likeness (QED) is 0.413. The van der Waals surface area contributed by atoms with Gasteiger partial charge in [-0.2, -0.15) is 0 Å². The molecule has 0 radical (unpaired) electrons. The molecule has 1 rings (SSSR count). The molecular weight excluding hydrogens is 176 g/mol. The molecule has 0 atom stereocenters. The Balaban J connectivity index is 2.95. The van der Waals surface area contributed by atoms with Crippen LogP contribution in [0.15, 0.2) is 48.6 Å². The second kappa shape index (κ2) is 5.02. The molecule has 2 nitrogen and oxygen atoms in total. The molecule has 1 aromatic rings. The van der Waals surface area contributed by atoms with Gasteiger partial charge in [0.2, 0.25) is 0 Å². The van der Waals surface area contributed by atoms with Gasteiger partial charge < -0.3 is 4.74 Å². The van der Waals surface area contributed by atoms with Gasteiger partial charge in [0.05, 0.1) is 12.7 Å². The van der Waals surface area contributed by atoms with Crippen LogP contribution in [-0.4, -0.2) is 13.1 Å². The first kappa shape index (κ1) is 10.3. The Labute approximate surface area is 83.5 Å². The van der Waals surface area contributed by atoms with Crippen LogP contribution in [0.1, 0.15) is 5.56 Å². The van der Waals surface area contributed by atoms with Gasteiger partial charge in [0.15, 0.2) is 0 Å². The highest BCUT2D eigenvalue weighted by Crippen LogP contribution is 2.08. The lowest BCUT2D eigenvalue weighted by Crippen LogP contribution is -2.01. The fourth-order valence-electron chi connectivity index (χ4n) is 1.05. The van der Waals surface area contributed by atoms with Crippen molar-refractivity contribution in [3.05, 3.63) is 54.1 Å². The van der Waals surface area contributed by atoms with Gasteiger partial charge in [-0.3, -0.25) is 0 Å². The molecule has 0 aliphatic rings. The summed E-state index contributed by atoms with van der Waals surface area (Å²) in [5, 5.41) is 0. The largest absolute Gasteiger partial charge is 0.465 e. The minimum Gasteiger partial charge on any atom is -0.465 e. The number of esters is 1. The number of carbonyl (C=O) groups excluding carboxylic acids is 1. The van der Waals surface area contributed by atoms with Gasteiger partial charge >= 0.3 is 5.97 Å². The molecular formula is C12H12O2. The summed E-state index contributed by atoms with van der Waals surface area (Å²) in [5.74, 6) is -0.371. The third-order valence-electron chi connectivity index (χ3n) is 1.76. The van der Waals surface area contributed by atoms with Crippen LogP contribution in [0.4, 0.5) is 0 Å². The molecule has 0 spiro atoms. The molecule has 0 amide bonds. The third-order valence-corrected chi connectivity index (χ3v) is 1.76. The molecule has 1 aromatic carbocycles. The maximum atomic E-state index is 11.2. The van der Waals surface area contributed by atoms with Gasteiger partial charge in [-0.25, -0.2) is 4.79 Å². The SMILES string of the molecule is C=C/C(=C\c1ccccc1)C(=O)OC. The molecule has 0 N–H and O–H groups in total. The molecule has 72 valence electrons. The van der Waals surface area contributed by atoms with Crippen LogP contribution in [0.25, 0.3) is 6.08 Å². The highest BCUT2D eigenvalue weighted by Gasteiger charge is 2.04. The van der Waals surface area contributed by atoms with Crippen LogP contribution >= 0.6 is 0 Å². The topological polar surface area (TPSA) is 26.3 Å². The summed E-state index contributed by atoms with van der Waals surface area (Å²) in [6.45, 7) is 3.56. The predicted molar refractivity (Wildman–Crippen MR) is 56.6 cm³/mol. The zero-order valence-electron chi connectivity index (χ0n) is 8.07. The number of hydrogen-bond donors (Lipinski definition) is 0. The molecule has 14 heavy (non-hydrogen) atoms. The minimum absolute atomic E-state index is 0.371. The molecule has 0 bridgehead atoms. The van der Waals surface area contributed by atoms with Crippen molar-refractivity contribution in [1.82, 2.24) is 0 Å². The van der Waals surface area contributed by atoms with Crippen molar-refractivity contribution >= 4 is 12.0 Å².